The lowest BCUT2D eigenvalue weighted by molar-refractivity contribution is 0.495. The Kier molecular flexibility index (Phi) is 4.85. The fraction of sp³-hybridized carbons (Fsp3) is 0.250. The highest BCUT2D eigenvalue weighted by molar-refractivity contribution is 5.87. The molecule has 0 unspecified atom stereocenters. The molecule has 1 fully saturated rings. The van der Waals surface area contributed by atoms with Crippen LogP contribution in [0.2, 0.25) is 0 Å². The first kappa shape index (κ1) is 19.2. The zero-order chi connectivity index (χ0) is 21.4. The summed E-state index contributed by atoms with van der Waals surface area (Å²) in [5.74, 6) is 0.717. The molecule has 7 nitrogen and oxygen atoms in total. The second-order valence-corrected chi connectivity index (χ2v) is 8.00. The fourth-order valence-electron chi connectivity index (χ4n) is 4.06. The number of imidazole rings is 1. The lowest BCUT2D eigenvalue weighted by atomic mass is 9.99. The van der Waals surface area contributed by atoms with E-state index in [1.165, 1.54) is 0 Å². The third kappa shape index (κ3) is 3.62. The number of nitrogens with two attached hydrogens (primary N) is 1. The number of aromatic nitrogens is 4. The van der Waals surface area contributed by atoms with Gasteiger partial charge in [-0.05, 0) is 42.7 Å². The third-order valence-electron chi connectivity index (χ3n) is 5.92. The molecule has 3 heterocycles. The lowest BCUT2D eigenvalue weighted by Gasteiger charge is -2.30. The van der Waals surface area contributed by atoms with Crippen molar-refractivity contribution in [3.05, 3.63) is 60.6 Å². The molecule has 0 amide bonds. The zero-order valence-corrected chi connectivity index (χ0v) is 17.4. The Labute approximate surface area is 180 Å². The van der Waals surface area contributed by atoms with Crippen LogP contribution >= 0.6 is 0 Å². The molecule has 154 valence electrons. The van der Waals surface area contributed by atoms with Gasteiger partial charge in [-0.1, -0.05) is 18.2 Å². The van der Waals surface area contributed by atoms with E-state index in [4.69, 9.17) is 21.0 Å². The molecule has 7 heteroatoms. The number of nitrogens with zero attached hydrogens (tertiary/aromatic N) is 6. The van der Waals surface area contributed by atoms with Gasteiger partial charge in [0.15, 0.2) is 0 Å². The van der Waals surface area contributed by atoms with Crippen LogP contribution in [0, 0.1) is 11.3 Å². The number of nitriles is 1. The van der Waals surface area contributed by atoms with Gasteiger partial charge < -0.3 is 15.2 Å². The van der Waals surface area contributed by atoms with Gasteiger partial charge in [0.25, 0.3) is 0 Å². The number of rotatable bonds is 3. The standard InChI is InChI=1S/C24H23N7/c1-30-15-28-21-12-18(6-7-22(21)30)20-14-27-24(31-10-8-19(26)9-11-31)29-23(20)17-4-2-16(13-25)3-5-17/h2-7,12,14-15,19H,8-11,26H2,1H3. The summed E-state index contributed by atoms with van der Waals surface area (Å²) in [6.07, 6.45) is 5.59. The van der Waals surface area contributed by atoms with Gasteiger partial charge in [-0.3, -0.25) is 0 Å². The van der Waals surface area contributed by atoms with Gasteiger partial charge >= 0.3 is 0 Å². The predicted molar refractivity (Wildman–Crippen MR) is 121 cm³/mol. The molecule has 2 N–H and O–H groups in total. The van der Waals surface area contributed by atoms with Crippen molar-refractivity contribution >= 4 is 17.0 Å². The first-order chi connectivity index (χ1) is 15.1. The van der Waals surface area contributed by atoms with Crippen LogP contribution in [-0.4, -0.2) is 38.7 Å². The minimum Gasteiger partial charge on any atom is -0.341 e. The highest BCUT2D eigenvalue weighted by atomic mass is 15.3. The molecule has 2 aromatic heterocycles. The van der Waals surface area contributed by atoms with Crippen molar-refractivity contribution < 1.29 is 0 Å². The maximum atomic E-state index is 9.17. The Morgan fingerprint density at radius 2 is 1.77 bits per heavy atom. The molecule has 1 aliphatic heterocycles. The normalized spacial score (nSPS) is 14.7. The van der Waals surface area contributed by atoms with Crippen LogP contribution in [0.5, 0.6) is 0 Å². The molecule has 31 heavy (non-hydrogen) atoms. The number of hydrogen-bond acceptors (Lipinski definition) is 6. The quantitative estimate of drug-likeness (QED) is 0.556. The Morgan fingerprint density at radius 3 is 2.52 bits per heavy atom. The van der Waals surface area contributed by atoms with Crippen LogP contribution in [0.3, 0.4) is 0 Å². The number of hydrogen-bond donors (Lipinski definition) is 1. The van der Waals surface area contributed by atoms with E-state index < -0.39 is 0 Å². The Morgan fingerprint density at radius 1 is 1.03 bits per heavy atom. The minimum atomic E-state index is 0.249. The minimum absolute atomic E-state index is 0.249. The van der Waals surface area contributed by atoms with Gasteiger partial charge in [-0.25, -0.2) is 15.0 Å². The lowest BCUT2D eigenvalue weighted by Crippen LogP contribution is -2.40. The van der Waals surface area contributed by atoms with E-state index in [9.17, 15) is 0 Å². The van der Waals surface area contributed by atoms with Gasteiger partial charge in [0.1, 0.15) is 0 Å². The molecule has 1 saturated heterocycles. The van der Waals surface area contributed by atoms with Crippen LogP contribution in [0.4, 0.5) is 5.95 Å². The van der Waals surface area contributed by atoms with E-state index in [2.05, 4.69) is 34.2 Å². The van der Waals surface area contributed by atoms with Crippen molar-refractivity contribution in [1.82, 2.24) is 19.5 Å². The third-order valence-corrected chi connectivity index (χ3v) is 5.92. The van der Waals surface area contributed by atoms with Gasteiger partial charge in [-0.2, -0.15) is 5.26 Å². The molecule has 1 aliphatic rings. The molecule has 4 aromatic rings. The first-order valence-electron chi connectivity index (χ1n) is 10.4. The monoisotopic (exact) mass is 409 g/mol. The van der Waals surface area contributed by atoms with Crippen molar-refractivity contribution in [3.8, 4) is 28.5 Å². The summed E-state index contributed by atoms with van der Waals surface area (Å²) in [6.45, 7) is 1.71. The van der Waals surface area contributed by atoms with E-state index in [1.54, 1.807) is 0 Å². The molecule has 0 saturated carbocycles. The van der Waals surface area contributed by atoms with Crippen LogP contribution < -0.4 is 10.6 Å². The molecule has 0 spiro atoms. The SMILES string of the molecule is Cn1cnc2cc(-c3cnc(N4CCC(N)CC4)nc3-c3ccc(C#N)cc3)ccc21. The fourth-order valence-corrected chi connectivity index (χ4v) is 4.06. The zero-order valence-electron chi connectivity index (χ0n) is 17.4. The van der Waals surface area contributed by atoms with Crippen molar-refractivity contribution in [3.63, 3.8) is 0 Å². The second-order valence-electron chi connectivity index (χ2n) is 8.00. The summed E-state index contributed by atoms with van der Waals surface area (Å²) < 4.78 is 2.00. The van der Waals surface area contributed by atoms with Crippen molar-refractivity contribution in [2.75, 3.05) is 18.0 Å². The molecule has 0 radical (unpaired) electrons. The van der Waals surface area contributed by atoms with Gasteiger partial charge in [0.05, 0.1) is 34.7 Å². The van der Waals surface area contributed by atoms with Gasteiger partial charge in [0, 0.05) is 43.5 Å². The smallest absolute Gasteiger partial charge is 0.225 e. The first-order valence-corrected chi connectivity index (χ1v) is 10.4. The molecule has 5 rings (SSSR count). The summed E-state index contributed by atoms with van der Waals surface area (Å²) in [7, 11) is 1.99. The van der Waals surface area contributed by atoms with Gasteiger partial charge in [-0.15, -0.1) is 0 Å². The molecular weight excluding hydrogens is 386 g/mol. The highest BCUT2D eigenvalue weighted by Gasteiger charge is 2.20. The molecule has 0 atom stereocenters. The maximum Gasteiger partial charge on any atom is 0.225 e. The predicted octanol–water partition coefficient (Wildman–Crippen LogP) is 3.50. The molecule has 0 aliphatic carbocycles. The van der Waals surface area contributed by atoms with E-state index in [0.717, 1.165) is 59.3 Å². The Hall–Kier alpha value is -3.76. The number of piperidine rings is 1. The molecule has 2 aromatic carbocycles. The van der Waals surface area contributed by atoms with Gasteiger partial charge in [0.2, 0.25) is 5.95 Å². The van der Waals surface area contributed by atoms with Crippen LogP contribution in [0.25, 0.3) is 33.4 Å². The van der Waals surface area contributed by atoms with Crippen molar-refractivity contribution in [1.29, 1.82) is 5.26 Å². The summed E-state index contributed by atoms with van der Waals surface area (Å²) in [6, 6.07) is 16.2. The maximum absolute atomic E-state index is 9.17. The van der Waals surface area contributed by atoms with E-state index in [1.807, 2.05) is 48.4 Å². The van der Waals surface area contributed by atoms with E-state index in [0.29, 0.717) is 11.5 Å². The van der Waals surface area contributed by atoms with E-state index >= 15 is 0 Å². The molecule has 0 bridgehead atoms. The summed E-state index contributed by atoms with van der Waals surface area (Å²) in [5.41, 5.74) is 12.4. The summed E-state index contributed by atoms with van der Waals surface area (Å²) in [5, 5.41) is 9.17. The van der Waals surface area contributed by atoms with Crippen LogP contribution in [0.1, 0.15) is 18.4 Å². The topological polar surface area (TPSA) is 96.7 Å². The highest BCUT2D eigenvalue weighted by Crippen LogP contribution is 2.33. The Balaban J connectivity index is 1.62. The summed E-state index contributed by atoms with van der Waals surface area (Å²) >= 11 is 0. The van der Waals surface area contributed by atoms with Crippen molar-refractivity contribution in [2.24, 2.45) is 12.8 Å². The second kappa shape index (κ2) is 7.82. The Bertz CT molecular complexity index is 1280. The van der Waals surface area contributed by atoms with Crippen LogP contribution in [-0.2, 0) is 7.05 Å². The summed E-state index contributed by atoms with van der Waals surface area (Å²) in [4.78, 5) is 16.4. The van der Waals surface area contributed by atoms with Crippen LogP contribution in [0.15, 0.2) is 55.0 Å². The largest absolute Gasteiger partial charge is 0.341 e. The number of aryl methyl sites for hydroxylation is 1. The number of fused-ring (bicyclic) bond motifs is 1. The number of benzene rings is 2. The molecular formula is C24H23N7. The van der Waals surface area contributed by atoms with Crippen molar-refractivity contribution in [2.45, 2.75) is 18.9 Å². The van der Waals surface area contributed by atoms with E-state index in [-0.39, 0.29) is 6.04 Å². The number of anilines is 1. The average molecular weight is 409 g/mol. The average Bonchev–Trinajstić information content (AvgIpc) is 3.19.